The lowest BCUT2D eigenvalue weighted by atomic mass is 9.63. The molecule has 1 aromatic heterocycles. The van der Waals surface area contributed by atoms with E-state index in [0.717, 1.165) is 39.4 Å². The van der Waals surface area contributed by atoms with Crippen molar-refractivity contribution in [3.63, 3.8) is 0 Å². The molecule has 2 heteroatoms. The number of hydrogen-bond acceptors (Lipinski definition) is 1. The Kier molecular flexibility index (Phi) is 6.50. The highest BCUT2D eigenvalue weighted by Gasteiger charge is 2.45. The van der Waals surface area contributed by atoms with E-state index in [0.29, 0.717) is 0 Å². The Labute approximate surface area is 307 Å². The van der Waals surface area contributed by atoms with Crippen molar-refractivity contribution in [2.45, 2.75) is 5.41 Å². The number of nitrogens with zero attached hydrogens (tertiary/aromatic N) is 1. The van der Waals surface area contributed by atoms with E-state index < -0.39 is 5.41 Å². The van der Waals surface area contributed by atoms with Gasteiger partial charge in [-0.15, -0.1) is 0 Å². The first kappa shape index (κ1) is 29.8. The molecule has 53 heavy (non-hydrogen) atoms. The van der Waals surface area contributed by atoms with Crippen LogP contribution in [0.2, 0.25) is 0 Å². The molecule has 1 aliphatic heterocycles. The molecule has 0 saturated heterocycles. The number of fused-ring (bicyclic) bond motifs is 9. The van der Waals surface area contributed by atoms with Gasteiger partial charge in [0.1, 0.15) is 11.5 Å². The maximum atomic E-state index is 6.68. The minimum Gasteiger partial charge on any atom is -0.457 e. The molecule has 0 saturated carbocycles. The van der Waals surface area contributed by atoms with Crippen molar-refractivity contribution in [1.29, 1.82) is 0 Å². The quantitative estimate of drug-likeness (QED) is 0.181. The molecule has 2 nitrogen and oxygen atoms in total. The molecule has 0 atom stereocenters. The Hall–Kier alpha value is -6.90. The first-order valence-corrected chi connectivity index (χ1v) is 18.3. The number of rotatable bonds is 4. The molecular weight excluding hydrogens is 643 g/mol. The normalized spacial score (nSPS) is 13.2. The summed E-state index contributed by atoms with van der Waals surface area (Å²) in [6, 6.07) is 72.6. The van der Waals surface area contributed by atoms with Crippen molar-refractivity contribution in [2.75, 3.05) is 0 Å². The van der Waals surface area contributed by atoms with Gasteiger partial charge in [0.2, 0.25) is 0 Å². The van der Waals surface area contributed by atoms with E-state index in [1.807, 2.05) is 0 Å². The van der Waals surface area contributed by atoms with E-state index in [4.69, 9.17) is 4.74 Å². The van der Waals surface area contributed by atoms with E-state index in [9.17, 15) is 0 Å². The van der Waals surface area contributed by atoms with E-state index in [2.05, 4.69) is 205 Å². The van der Waals surface area contributed by atoms with Crippen molar-refractivity contribution in [1.82, 2.24) is 4.57 Å². The predicted molar refractivity (Wildman–Crippen MR) is 220 cm³/mol. The number of hydrogen-bond donors (Lipinski definition) is 0. The second-order valence-corrected chi connectivity index (χ2v) is 14.0. The van der Waals surface area contributed by atoms with Crippen LogP contribution in [0.15, 0.2) is 200 Å². The number of aromatic nitrogens is 1. The average Bonchev–Trinajstić information content (AvgIpc) is 3.59. The van der Waals surface area contributed by atoms with Gasteiger partial charge in [0.05, 0.1) is 16.4 Å². The molecule has 0 amide bonds. The average molecular weight is 676 g/mol. The molecule has 0 bridgehead atoms. The zero-order chi connectivity index (χ0) is 34.9. The summed E-state index contributed by atoms with van der Waals surface area (Å²) in [4.78, 5) is 0. The maximum absolute atomic E-state index is 6.68. The molecule has 248 valence electrons. The van der Waals surface area contributed by atoms with E-state index in [1.165, 1.54) is 54.5 Å². The number of benzene rings is 9. The smallest absolute Gasteiger partial charge is 0.132 e. The topological polar surface area (TPSA) is 14.2 Å². The minimum absolute atomic E-state index is 0.562. The lowest BCUT2D eigenvalue weighted by molar-refractivity contribution is 0.434. The van der Waals surface area contributed by atoms with Gasteiger partial charge in [-0.05, 0) is 63.4 Å². The highest BCUT2D eigenvalue weighted by atomic mass is 16.5. The van der Waals surface area contributed by atoms with Gasteiger partial charge in [-0.1, -0.05) is 170 Å². The van der Waals surface area contributed by atoms with Crippen LogP contribution >= 0.6 is 0 Å². The predicted octanol–water partition coefficient (Wildman–Crippen LogP) is 13.2. The van der Waals surface area contributed by atoms with Crippen LogP contribution in [0.5, 0.6) is 11.5 Å². The SMILES string of the molecule is c1ccc(C2(c3ccccc3)c3ccccc3Oc3ccc(-c4ccc(-n5c6c7ccccc7ccc6c6ccc7ccccc7c65)cc4)cc32)cc1. The van der Waals surface area contributed by atoms with Gasteiger partial charge < -0.3 is 9.30 Å². The first-order valence-electron chi connectivity index (χ1n) is 18.3. The lowest BCUT2D eigenvalue weighted by Gasteiger charge is -2.41. The van der Waals surface area contributed by atoms with E-state index in [-0.39, 0.29) is 0 Å². The van der Waals surface area contributed by atoms with E-state index >= 15 is 0 Å². The van der Waals surface area contributed by atoms with Crippen molar-refractivity contribution in [3.8, 4) is 28.3 Å². The van der Waals surface area contributed by atoms with Gasteiger partial charge in [0.15, 0.2) is 0 Å². The Bertz CT molecular complexity index is 2880. The maximum Gasteiger partial charge on any atom is 0.132 e. The van der Waals surface area contributed by atoms with Gasteiger partial charge in [-0.2, -0.15) is 0 Å². The van der Waals surface area contributed by atoms with Crippen LogP contribution in [-0.2, 0) is 5.41 Å². The fourth-order valence-electron chi connectivity index (χ4n) is 8.99. The summed E-state index contributed by atoms with van der Waals surface area (Å²) in [5.41, 5.74) is 10.0. The molecule has 10 aromatic rings. The molecule has 2 heterocycles. The summed E-state index contributed by atoms with van der Waals surface area (Å²) in [6.45, 7) is 0. The molecule has 0 unspecified atom stereocenters. The van der Waals surface area contributed by atoms with Crippen LogP contribution in [0.25, 0.3) is 60.2 Å². The highest BCUT2D eigenvalue weighted by Crippen LogP contribution is 2.56. The third-order valence-corrected chi connectivity index (χ3v) is 11.3. The van der Waals surface area contributed by atoms with Gasteiger partial charge in [0.25, 0.3) is 0 Å². The van der Waals surface area contributed by atoms with Gasteiger partial charge >= 0.3 is 0 Å². The fourth-order valence-corrected chi connectivity index (χ4v) is 8.99. The van der Waals surface area contributed by atoms with Crippen LogP contribution in [0.1, 0.15) is 22.3 Å². The zero-order valence-corrected chi connectivity index (χ0v) is 28.9. The zero-order valence-electron chi connectivity index (χ0n) is 28.9. The molecule has 9 aromatic carbocycles. The second kappa shape index (κ2) is 11.6. The highest BCUT2D eigenvalue weighted by molar-refractivity contribution is 6.23. The van der Waals surface area contributed by atoms with Crippen LogP contribution in [0, 0.1) is 0 Å². The molecule has 0 radical (unpaired) electrons. The third kappa shape index (κ3) is 4.33. The summed E-state index contributed by atoms with van der Waals surface area (Å²) in [5.74, 6) is 1.76. The van der Waals surface area contributed by atoms with Crippen molar-refractivity contribution >= 4 is 43.4 Å². The fraction of sp³-hybridized carbons (Fsp3) is 0.0196. The molecule has 0 aliphatic carbocycles. The van der Waals surface area contributed by atoms with E-state index in [1.54, 1.807) is 0 Å². The number of ether oxygens (including phenoxy) is 1. The molecule has 1 aliphatic rings. The third-order valence-electron chi connectivity index (χ3n) is 11.3. The summed E-state index contributed by atoms with van der Waals surface area (Å²) in [6.07, 6.45) is 0. The van der Waals surface area contributed by atoms with Gasteiger partial charge in [0, 0.05) is 38.4 Å². The second-order valence-electron chi connectivity index (χ2n) is 14.0. The summed E-state index contributed by atoms with van der Waals surface area (Å²) < 4.78 is 9.16. The standard InChI is InChI=1S/C51H33NO/c1-3-15-38(16-4-1)51(39-17-5-2-6-18-39)45-21-11-12-22-47(45)53-48-32-27-37(33-46(48)51)34-23-28-40(29-24-34)52-49-41-19-9-7-13-35(41)25-30-43(49)44-31-26-36-14-8-10-20-42(36)50(44)52/h1-33H. The van der Waals surface area contributed by atoms with Crippen LogP contribution in [0.3, 0.4) is 0 Å². The molecular formula is C51H33NO. The molecule has 0 N–H and O–H groups in total. The minimum atomic E-state index is -0.562. The van der Waals surface area contributed by atoms with Crippen LogP contribution < -0.4 is 4.74 Å². The summed E-state index contributed by atoms with van der Waals surface area (Å²) >= 11 is 0. The van der Waals surface area contributed by atoms with Crippen molar-refractivity contribution < 1.29 is 4.74 Å². The first-order chi connectivity index (χ1) is 26.3. The summed E-state index contributed by atoms with van der Waals surface area (Å²) in [7, 11) is 0. The van der Waals surface area contributed by atoms with Gasteiger partial charge in [-0.25, -0.2) is 0 Å². The Morgan fingerprint density at radius 1 is 0.358 bits per heavy atom. The van der Waals surface area contributed by atoms with Crippen LogP contribution in [0.4, 0.5) is 0 Å². The largest absolute Gasteiger partial charge is 0.457 e. The summed E-state index contributed by atoms with van der Waals surface area (Å²) in [5, 5.41) is 7.51. The lowest BCUT2D eigenvalue weighted by Crippen LogP contribution is -2.34. The van der Waals surface area contributed by atoms with Gasteiger partial charge in [-0.3, -0.25) is 0 Å². The van der Waals surface area contributed by atoms with Crippen molar-refractivity contribution in [2.24, 2.45) is 0 Å². The Morgan fingerprint density at radius 3 is 1.49 bits per heavy atom. The molecule has 11 rings (SSSR count). The van der Waals surface area contributed by atoms with Crippen molar-refractivity contribution in [3.05, 3.63) is 222 Å². The molecule has 0 fully saturated rings. The van der Waals surface area contributed by atoms with Crippen LogP contribution in [-0.4, -0.2) is 4.57 Å². The monoisotopic (exact) mass is 675 g/mol. The Morgan fingerprint density at radius 2 is 0.868 bits per heavy atom. The Balaban J connectivity index is 1.13. The number of para-hydroxylation sites is 1. The molecule has 0 spiro atoms.